The molecule has 186 valence electrons. The van der Waals surface area contributed by atoms with Crippen molar-refractivity contribution in [3.8, 4) is 17.2 Å². The Morgan fingerprint density at radius 1 is 1.00 bits per heavy atom. The van der Waals surface area contributed by atoms with Crippen molar-refractivity contribution in [2.24, 2.45) is 0 Å². The molecule has 0 spiro atoms. The summed E-state index contributed by atoms with van der Waals surface area (Å²) >= 11 is 1.54. The Kier molecular flexibility index (Phi) is 8.14. The third-order valence-corrected chi connectivity index (χ3v) is 6.95. The number of ether oxygens (including phenoxy) is 3. The highest BCUT2D eigenvalue weighted by Crippen LogP contribution is 2.40. The van der Waals surface area contributed by atoms with Crippen LogP contribution >= 0.6 is 11.8 Å². The average Bonchev–Trinajstić information content (AvgIpc) is 3.32. The lowest BCUT2D eigenvalue weighted by Gasteiger charge is -2.35. The largest absolute Gasteiger partial charge is 0.493 e. The molecule has 35 heavy (non-hydrogen) atoms. The Labute approximate surface area is 209 Å². The van der Waals surface area contributed by atoms with Crippen LogP contribution in [0.1, 0.15) is 27.6 Å². The van der Waals surface area contributed by atoms with Crippen molar-refractivity contribution in [1.82, 2.24) is 19.9 Å². The standard InChI is InChI=1S/C25H30N4O5S/c1-17-26-22(27-34-17)16-35-21-8-6-5-7-19(21)25(30)29-13-11-28(12-14-29)15-18-9-10-20(31-2)24(33-4)23(18)32-3/h5-10H,11-16H2,1-4H3. The van der Waals surface area contributed by atoms with Crippen molar-refractivity contribution in [1.29, 1.82) is 0 Å². The van der Waals surface area contributed by atoms with Crippen LogP contribution < -0.4 is 14.2 Å². The maximum Gasteiger partial charge on any atom is 0.255 e. The second-order valence-corrected chi connectivity index (χ2v) is 9.09. The lowest BCUT2D eigenvalue weighted by molar-refractivity contribution is 0.0624. The van der Waals surface area contributed by atoms with E-state index in [0.29, 0.717) is 59.9 Å². The van der Waals surface area contributed by atoms with Gasteiger partial charge in [0, 0.05) is 50.1 Å². The molecule has 0 saturated carbocycles. The Hall–Kier alpha value is -3.24. The zero-order valence-corrected chi connectivity index (χ0v) is 21.3. The molecular formula is C25H30N4O5S. The normalized spacial score (nSPS) is 14.1. The lowest BCUT2D eigenvalue weighted by atomic mass is 10.1. The van der Waals surface area contributed by atoms with Crippen LogP contribution in [-0.2, 0) is 12.3 Å². The molecule has 1 saturated heterocycles. The number of rotatable bonds is 9. The molecule has 2 aromatic carbocycles. The fourth-order valence-electron chi connectivity index (χ4n) is 4.12. The van der Waals surface area contributed by atoms with E-state index in [1.807, 2.05) is 41.3 Å². The zero-order chi connectivity index (χ0) is 24.8. The van der Waals surface area contributed by atoms with E-state index in [-0.39, 0.29) is 5.91 Å². The van der Waals surface area contributed by atoms with Crippen molar-refractivity contribution >= 4 is 17.7 Å². The summed E-state index contributed by atoms with van der Waals surface area (Å²) in [6, 6.07) is 11.6. The van der Waals surface area contributed by atoms with Gasteiger partial charge in [-0.3, -0.25) is 9.69 Å². The van der Waals surface area contributed by atoms with Gasteiger partial charge in [-0.1, -0.05) is 23.4 Å². The van der Waals surface area contributed by atoms with Crippen LogP contribution in [0.3, 0.4) is 0 Å². The molecule has 1 aromatic heterocycles. The number of piperazine rings is 1. The maximum absolute atomic E-state index is 13.3. The molecule has 1 amide bonds. The average molecular weight is 499 g/mol. The predicted molar refractivity (Wildman–Crippen MR) is 132 cm³/mol. The van der Waals surface area contributed by atoms with Crippen LogP contribution in [0.4, 0.5) is 0 Å². The van der Waals surface area contributed by atoms with E-state index in [1.165, 1.54) is 11.8 Å². The SMILES string of the molecule is COc1ccc(CN2CCN(C(=O)c3ccccc3SCc3noc(C)n3)CC2)c(OC)c1OC. The Morgan fingerprint density at radius 3 is 2.40 bits per heavy atom. The third kappa shape index (κ3) is 5.71. The maximum atomic E-state index is 13.3. The van der Waals surface area contributed by atoms with Crippen LogP contribution in [0.5, 0.6) is 17.2 Å². The van der Waals surface area contributed by atoms with Gasteiger partial charge in [-0.15, -0.1) is 11.8 Å². The lowest BCUT2D eigenvalue weighted by Crippen LogP contribution is -2.48. The van der Waals surface area contributed by atoms with Crippen molar-refractivity contribution in [3.63, 3.8) is 0 Å². The van der Waals surface area contributed by atoms with E-state index >= 15 is 0 Å². The van der Waals surface area contributed by atoms with Crippen molar-refractivity contribution in [3.05, 3.63) is 59.2 Å². The summed E-state index contributed by atoms with van der Waals surface area (Å²) in [7, 11) is 4.84. The van der Waals surface area contributed by atoms with Gasteiger partial charge >= 0.3 is 0 Å². The fourth-order valence-corrected chi connectivity index (χ4v) is 5.01. The topological polar surface area (TPSA) is 90.2 Å². The van der Waals surface area contributed by atoms with E-state index in [4.69, 9.17) is 18.7 Å². The van der Waals surface area contributed by atoms with Crippen molar-refractivity contribution < 1.29 is 23.5 Å². The summed E-state index contributed by atoms with van der Waals surface area (Å²) in [5, 5.41) is 3.94. The third-order valence-electron chi connectivity index (χ3n) is 5.88. The molecule has 0 bridgehead atoms. The molecule has 0 N–H and O–H groups in total. The first-order valence-corrected chi connectivity index (χ1v) is 12.3. The van der Waals surface area contributed by atoms with Crippen molar-refractivity contribution in [2.75, 3.05) is 47.5 Å². The molecule has 1 fully saturated rings. The first-order valence-electron chi connectivity index (χ1n) is 11.3. The van der Waals surface area contributed by atoms with Gasteiger partial charge in [0.1, 0.15) is 0 Å². The second kappa shape index (κ2) is 11.5. The van der Waals surface area contributed by atoms with E-state index < -0.39 is 0 Å². The molecule has 0 unspecified atom stereocenters. The molecule has 0 atom stereocenters. The van der Waals surface area contributed by atoms with E-state index in [2.05, 4.69) is 15.0 Å². The van der Waals surface area contributed by atoms with Crippen LogP contribution in [0, 0.1) is 6.92 Å². The number of carbonyl (C=O) groups excluding carboxylic acids is 1. The smallest absolute Gasteiger partial charge is 0.255 e. The zero-order valence-electron chi connectivity index (χ0n) is 20.4. The van der Waals surface area contributed by atoms with Gasteiger partial charge in [0.15, 0.2) is 17.3 Å². The highest BCUT2D eigenvalue weighted by molar-refractivity contribution is 7.98. The van der Waals surface area contributed by atoms with Gasteiger partial charge in [0.05, 0.1) is 32.6 Å². The number of amides is 1. The highest BCUT2D eigenvalue weighted by Gasteiger charge is 2.25. The summed E-state index contributed by atoms with van der Waals surface area (Å²) in [4.78, 5) is 22.7. The number of carbonyl (C=O) groups is 1. The Bertz CT molecular complexity index is 1160. The fraction of sp³-hybridized carbons (Fsp3) is 0.400. The number of nitrogens with zero attached hydrogens (tertiary/aromatic N) is 4. The minimum absolute atomic E-state index is 0.0424. The van der Waals surface area contributed by atoms with Gasteiger partial charge in [-0.2, -0.15) is 4.98 Å². The molecule has 0 aliphatic carbocycles. The minimum atomic E-state index is 0.0424. The number of aryl methyl sites for hydroxylation is 1. The van der Waals surface area contributed by atoms with E-state index in [0.717, 1.165) is 23.5 Å². The molecule has 0 radical (unpaired) electrons. The molecule has 9 nitrogen and oxygen atoms in total. The number of benzene rings is 2. The number of thioether (sulfide) groups is 1. The Morgan fingerprint density at radius 2 is 1.74 bits per heavy atom. The molecule has 2 heterocycles. The quantitative estimate of drug-likeness (QED) is 0.410. The summed E-state index contributed by atoms with van der Waals surface area (Å²) < 4.78 is 21.6. The molecule has 4 rings (SSSR count). The van der Waals surface area contributed by atoms with Crippen molar-refractivity contribution in [2.45, 2.75) is 24.1 Å². The van der Waals surface area contributed by atoms with Gasteiger partial charge in [0.2, 0.25) is 11.6 Å². The minimum Gasteiger partial charge on any atom is -0.493 e. The van der Waals surface area contributed by atoms with Gasteiger partial charge < -0.3 is 23.6 Å². The summed E-state index contributed by atoms with van der Waals surface area (Å²) in [5.41, 5.74) is 1.72. The van der Waals surface area contributed by atoms with Gasteiger partial charge in [-0.05, 0) is 18.2 Å². The second-order valence-electron chi connectivity index (χ2n) is 8.08. The molecule has 10 heteroatoms. The number of hydrogen-bond acceptors (Lipinski definition) is 9. The highest BCUT2D eigenvalue weighted by atomic mass is 32.2. The van der Waals surface area contributed by atoms with Gasteiger partial charge in [0.25, 0.3) is 5.91 Å². The van der Waals surface area contributed by atoms with Crippen LogP contribution in [0.2, 0.25) is 0 Å². The first-order chi connectivity index (χ1) is 17.0. The molecule has 1 aliphatic heterocycles. The van der Waals surface area contributed by atoms with E-state index in [9.17, 15) is 4.79 Å². The Balaban J connectivity index is 1.38. The predicted octanol–water partition coefficient (Wildman–Crippen LogP) is 3.65. The monoisotopic (exact) mass is 498 g/mol. The molecule has 3 aromatic rings. The summed E-state index contributed by atoms with van der Waals surface area (Å²) in [6.45, 7) is 5.29. The number of hydrogen-bond donors (Lipinski definition) is 0. The molecule has 1 aliphatic rings. The summed E-state index contributed by atoms with van der Waals surface area (Å²) in [5.74, 6) is 3.64. The first kappa shape index (κ1) is 24.9. The summed E-state index contributed by atoms with van der Waals surface area (Å²) in [6.07, 6.45) is 0. The van der Waals surface area contributed by atoms with Crippen LogP contribution in [0.15, 0.2) is 45.8 Å². The van der Waals surface area contributed by atoms with E-state index in [1.54, 1.807) is 28.3 Å². The van der Waals surface area contributed by atoms with Crippen LogP contribution in [0.25, 0.3) is 0 Å². The number of methoxy groups -OCH3 is 3. The van der Waals surface area contributed by atoms with Crippen LogP contribution in [-0.4, -0.2) is 73.4 Å². The van der Waals surface area contributed by atoms with Gasteiger partial charge in [-0.25, -0.2) is 0 Å². The molecular weight excluding hydrogens is 468 g/mol. The number of aromatic nitrogens is 2.